The van der Waals surface area contributed by atoms with Crippen molar-refractivity contribution < 1.29 is 14.1 Å². The molecule has 0 saturated carbocycles. The van der Waals surface area contributed by atoms with Crippen LogP contribution in [0, 0.1) is 5.41 Å². The van der Waals surface area contributed by atoms with Crippen LogP contribution in [0.4, 0.5) is 0 Å². The topological polar surface area (TPSA) is 79.5 Å². The van der Waals surface area contributed by atoms with Crippen molar-refractivity contribution >= 4 is 23.4 Å². The monoisotopic (exact) mass is 460 g/mol. The van der Waals surface area contributed by atoms with Gasteiger partial charge in [-0.25, -0.2) is 0 Å². The Morgan fingerprint density at radius 3 is 2.75 bits per heavy atom. The zero-order valence-electron chi connectivity index (χ0n) is 19.4. The van der Waals surface area contributed by atoms with Crippen LogP contribution in [0.15, 0.2) is 28.8 Å². The van der Waals surface area contributed by atoms with Crippen LogP contribution in [0.5, 0.6) is 0 Å². The molecule has 1 aromatic carbocycles. The molecule has 1 aromatic heterocycles. The SMILES string of the molecule is CCCCN(CC(=O)N1CCCCC1c1nc(-c2cccc(Cl)c2)no1)C(=O)C(C)(C)C. The highest BCUT2D eigenvalue weighted by Crippen LogP contribution is 2.32. The summed E-state index contributed by atoms with van der Waals surface area (Å²) in [7, 11) is 0. The van der Waals surface area contributed by atoms with E-state index in [0.717, 1.165) is 37.7 Å². The first-order chi connectivity index (χ1) is 15.2. The van der Waals surface area contributed by atoms with Crippen molar-refractivity contribution in [1.29, 1.82) is 0 Å². The average Bonchev–Trinajstić information content (AvgIpc) is 3.25. The van der Waals surface area contributed by atoms with Gasteiger partial charge >= 0.3 is 0 Å². The van der Waals surface area contributed by atoms with Crippen molar-refractivity contribution in [2.24, 2.45) is 5.41 Å². The van der Waals surface area contributed by atoms with E-state index in [2.05, 4.69) is 17.1 Å². The molecule has 0 N–H and O–H groups in total. The quantitative estimate of drug-likeness (QED) is 0.573. The molecule has 2 aromatic rings. The molecule has 0 aliphatic carbocycles. The maximum Gasteiger partial charge on any atom is 0.249 e. The van der Waals surface area contributed by atoms with Gasteiger partial charge in [0.15, 0.2) is 0 Å². The maximum atomic E-state index is 13.3. The molecule has 1 atom stereocenters. The lowest BCUT2D eigenvalue weighted by atomic mass is 9.94. The van der Waals surface area contributed by atoms with E-state index in [1.807, 2.05) is 32.9 Å². The molecular formula is C24H33ClN4O3. The molecule has 1 unspecified atom stereocenters. The summed E-state index contributed by atoms with van der Waals surface area (Å²) >= 11 is 6.09. The Kier molecular flexibility index (Phi) is 7.93. The van der Waals surface area contributed by atoms with Gasteiger partial charge in [0.2, 0.25) is 23.5 Å². The lowest BCUT2D eigenvalue weighted by Crippen LogP contribution is -2.48. The van der Waals surface area contributed by atoms with Gasteiger partial charge in [-0.1, -0.05) is 63.0 Å². The molecule has 8 heteroatoms. The predicted octanol–water partition coefficient (Wildman–Crippen LogP) is 5.12. The second-order valence-electron chi connectivity index (χ2n) is 9.40. The summed E-state index contributed by atoms with van der Waals surface area (Å²) in [5.74, 6) is 0.794. The van der Waals surface area contributed by atoms with E-state index in [1.165, 1.54) is 0 Å². The van der Waals surface area contributed by atoms with Crippen LogP contribution < -0.4 is 0 Å². The molecule has 1 aliphatic heterocycles. The average molecular weight is 461 g/mol. The van der Waals surface area contributed by atoms with Gasteiger partial charge in [0.05, 0.1) is 6.54 Å². The Balaban J connectivity index is 1.78. The predicted molar refractivity (Wildman–Crippen MR) is 124 cm³/mol. The van der Waals surface area contributed by atoms with Crippen LogP contribution in [0.2, 0.25) is 5.02 Å². The molecule has 1 fully saturated rings. The highest BCUT2D eigenvalue weighted by atomic mass is 35.5. The summed E-state index contributed by atoms with van der Waals surface area (Å²) < 4.78 is 5.57. The highest BCUT2D eigenvalue weighted by Gasteiger charge is 2.35. The largest absolute Gasteiger partial charge is 0.337 e. The van der Waals surface area contributed by atoms with Crippen LogP contribution in [-0.4, -0.2) is 51.4 Å². The van der Waals surface area contributed by atoms with Gasteiger partial charge < -0.3 is 14.3 Å². The van der Waals surface area contributed by atoms with Crippen molar-refractivity contribution in [2.45, 2.75) is 65.8 Å². The van der Waals surface area contributed by atoms with E-state index in [4.69, 9.17) is 16.1 Å². The summed E-state index contributed by atoms with van der Waals surface area (Å²) in [4.78, 5) is 34.3. The van der Waals surface area contributed by atoms with E-state index >= 15 is 0 Å². The van der Waals surface area contributed by atoms with E-state index in [-0.39, 0.29) is 24.4 Å². The third kappa shape index (κ3) is 5.88. The molecule has 7 nitrogen and oxygen atoms in total. The highest BCUT2D eigenvalue weighted by molar-refractivity contribution is 6.30. The third-order valence-corrected chi connectivity index (χ3v) is 5.90. The van der Waals surface area contributed by atoms with Gasteiger partial charge in [0.1, 0.15) is 6.04 Å². The minimum Gasteiger partial charge on any atom is -0.337 e. The molecule has 32 heavy (non-hydrogen) atoms. The van der Waals surface area contributed by atoms with Gasteiger partial charge in [-0.05, 0) is 37.8 Å². The first kappa shape index (κ1) is 24.2. The van der Waals surface area contributed by atoms with Crippen molar-refractivity contribution in [3.8, 4) is 11.4 Å². The van der Waals surface area contributed by atoms with Crippen molar-refractivity contribution in [3.05, 3.63) is 35.2 Å². The Morgan fingerprint density at radius 2 is 2.06 bits per heavy atom. The smallest absolute Gasteiger partial charge is 0.249 e. The molecule has 2 amide bonds. The lowest BCUT2D eigenvalue weighted by molar-refractivity contribution is -0.147. The van der Waals surface area contributed by atoms with Gasteiger partial charge in [-0.3, -0.25) is 9.59 Å². The Morgan fingerprint density at radius 1 is 1.28 bits per heavy atom. The summed E-state index contributed by atoms with van der Waals surface area (Å²) in [6.07, 6.45) is 4.47. The number of amides is 2. The first-order valence-corrected chi connectivity index (χ1v) is 11.8. The van der Waals surface area contributed by atoms with Crippen molar-refractivity contribution in [3.63, 3.8) is 0 Å². The molecule has 3 rings (SSSR count). The van der Waals surface area contributed by atoms with Crippen LogP contribution in [0.3, 0.4) is 0 Å². The molecule has 0 bridgehead atoms. The van der Waals surface area contributed by atoms with E-state index < -0.39 is 5.41 Å². The molecular weight excluding hydrogens is 428 g/mol. The number of likely N-dealkylation sites (tertiary alicyclic amines) is 1. The fourth-order valence-corrected chi connectivity index (χ4v) is 4.12. The van der Waals surface area contributed by atoms with Gasteiger partial charge in [-0.2, -0.15) is 4.98 Å². The number of aromatic nitrogens is 2. The maximum absolute atomic E-state index is 13.3. The van der Waals surface area contributed by atoms with Crippen LogP contribution >= 0.6 is 11.6 Å². The van der Waals surface area contributed by atoms with E-state index in [0.29, 0.717) is 29.8 Å². The Labute approximate surface area is 195 Å². The summed E-state index contributed by atoms with van der Waals surface area (Å²) in [5, 5.41) is 4.71. The standard InChI is InChI=1S/C24H33ClN4O3/c1-5-6-13-28(23(31)24(2,3)4)16-20(30)29-14-8-7-12-19(29)22-26-21(27-32-22)17-10-9-11-18(25)15-17/h9-11,15,19H,5-8,12-14,16H2,1-4H3. The fourth-order valence-electron chi connectivity index (χ4n) is 3.93. The number of nitrogens with zero attached hydrogens (tertiary/aromatic N) is 4. The van der Waals surface area contributed by atoms with Gasteiger partial charge in [-0.15, -0.1) is 0 Å². The third-order valence-electron chi connectivity index (χ3n) is 5.67. The van der Waals surface area contributed by atoms with Crippen molar-refractivity contribution in [2.75, 3.05) is 19.6 Å². The number of carbonyl (C=O) groups excluding carboxylic acids is 2. The van der Waals surface area contributed by atoms with E-state index in [1.54, 1.807) is 21.9 Å². The number of rotatable bonds is 7. The van der Waals surface area contributed by atoms with Gasteiger partial charge in [0, 0.05) is 29.1 Å². The summed E-state index contributed by atoms with van der Waals surface area (Å²) in [6, 6.07) is 6.99. The van der Waals surface area contributed by atoms with Gasteiger partial charge in [0.25, 0.3) is 0 Å². The van der Waals surface area contributed by atoms with Crippen LogP contribution in [0.25, 0.3) is 11.4 Å². The number of halogens is 1. The number of carbonyl (C=O) groups is 2. The normalized spacial score (nSPS) is 16.8. The number of benzene rings is 1. The Bertz CT molecular complexity index is 937. The zero-order valence-corrected chi connectivity index (χ0v) is 20.2. The summed E-state index contributed by atoms with van der Waals surface area (Å²) in [6.45, 7) is 9.01. The molecule has 0 spiro atoms. The molecule has 0 radical (unpaired) electrons. The second kappa shape index (κ2) is 10.5. The minimum atomic E-state index is -0.534. The second-order valence-corrected chi connectivity index (χ2v) is 9.83. The fraction of sp³-hybridized carbons (Fsp3) is 0.583. The summed E-state index contributed by atoms with van der Waals surface area (Å²) in [5.41, 5.74) is 0.232. The van der Waals surface area contributed by atoms with E-state index in [9.17, 15) is 9.59 Å². The Hall–Kier alpha value is -2.41. The van der Waals surface area contributed by atoms with Crippen molar-refractivity contribution in [1.82, 2.24) is 19.9 Å². The number of unbranched alkanes of at least 4 members (excludes halogenated alkanes) is 1. The zero-order chi connectivity index (χ0) is 23.3. The first-order valence-electron chi connectivity index (χ1n) is 11.4. The molecule has 1 aliphatic rings. The molecule has 1 saturated heterocycles. The number of hydrogen-bond acceptors (Lipinski definition) is 5. The lowest BCUT2D eigenvalue weighted by Gasteiger charge is -2.36. The van der Waals surface area contributed by atoms with Crippen LogP contribution in [-0.2, 0) is 9.59 Å². The number of piperidine rings is 1. The van der Waals surface area contributed by atoms with Crippen LogP contribution in [0.1, 0.15) is 71.7 Å². The molecule has 174 valence electrons. The minimum absolute atomic E-state index is 0.00566. The molecule has 2 heterocycles. The number of hydrogen-bond donors (Lipinski definition) is 0.